The summed E-state index contributed by atoms with van der Waals surface area (Å²) in [6.45, 7) is 3.97. The molecule has 0 aliphatic heterocycles. The van der Waals surface area contributed by atoms with Gasteiger partial charge in [0.15, 0.2) is 17.8 Å². The second-order valence-electron chi connectivity index (χ2n) is 3.70. The Hall–Kier alpha value is -1.22. The molecule has 0 atom stereocenters. The average molecular weight is 243 g/mol. The summed E-state index contributed by atoms with van der Waals surface area (Å²) in [6, 6.07) is 1.60. The van der Waals surface area contributed by atoms with E-state index in [-0.39, 0.29) is 5.92 Å². The van der Waals surface area contributed by atoms with Gasteiger partial charge in [0, 0.05) is 11.1 Å². The third-order valence-corrected chi connectivity index (χ3v) is 2.65. The van der Waals surface area contributed by atoms with E-state index >= 15 is 0 Å². The van der Waals surface area contributed by atoms with Crippen LogP contribution in [-0.4, -0.2) is 20.5 Å². The molecule has 0 aliphatic rings. The Labute approximate surface area is 100 Å². The SMILES string of the molecule is COc1c(Cl)cc(C=O)c(C(C)C)c1OC. The number of ether oxygens (including phenoxy) is 2. The number of carbonyl (C=O) groups is 1. The number of methoxy groups -OCH3 is 2. The van der Waals surface area contributed by atoms with Crippen LogP contribution in [0.1, 0.15) is 35.7 Å². The molecule has 4 heteroatoms. The second kappa shape index (κ2) is 5.21. The van der Waals surface area contributed by atoms with Crippen LogP contribution in [0.5, 0.6) is 11.5 Å². The van der Waals surface area contributed by atoms with Crippen molar-refractivity contribution in [1.29, 1.82) is 0 Å². The first-order valence-electron chi connectivity index (χ1n) is 4.96. The van der Waals surface area contributed by atoms with Crippen LogP contribution in [0.4, 0.5) is 0 Å². The summed E-state index contributed by atoms with van der Waals surface area (Å²) in [7, 11) is 3.06. The smallest absolute Gasteiger partial charge is 0.179 e. The van der Waals surface area contributed by atoms with E-state index in [9.17, 15) is 4.79 Å². The molecular formula is C12H15ClO3. The Morgan fingerprint density at radius 1 is 1.25 bits per heavy atom. The van der Waals surface area contributed by atoms with Crippen LogP contribution >= 0.6 is 11.6 Å². The van der Waals surface area contributed by atoms with Gasteiger partial charge in [-0.2, -0.15) is 0 Å². The van der Waals surface area contributed by atoms with Gasteiger partial charge in [0.1, 0.15) is 0 Å². The lowest BCUT2D eigenvalue weighted by Crippen LogP contribution is -2.03. The Balaban J connectivity index is 3.59. The summed E-state index contributed by atoms with van der Waals surface area (Å²) < 4.78 is 10.5. The molecule has 0 radical (unpaired) electrons. The Bertz CT molecular complexity index is 400. The van der Waals surface area contributed by atoms with Gasteiger partial charge in [-0.1, -0.05) is 25.4 Å². The van der Waals surface area contributed by atoms with Crippen molar-refractivity contribution in [1.82, 2.24) is 0 Å². The standard InChI is InChI=1S/C12H15ClO3/c1-7(2)10-8(6-14)5-9(13)11(15-3)12(10)16-4/h5-7H,1-4H3. The van der Waals surface area contributed by atoms with E-state index in [1.54, 1.807) is 6.07 Å². The van der Waals surface area contributed by atoms with E-state index in [1.807, 2.05) is 13.8 Å². The predicted octanol–water partition coefficient (Wildman–Crippen LogP) is 3.29. The number of carbonyl (C=O) groups excluding carboxylic acids is 1. The van der Waals surface area contributed by atoms with E-state index in [0.717, 1.165) is 11.8 Å². The van der Waals surface area contributed by atoms with Crippen molar-refractivity contribution in [2.75, 3.05) is 14.2 Å². The lowest BCUT2D eigenvalue weighted by Gasteiger charge is -2.18. The largest absolute Gasteiger partial charge is 0.492 e. The Morgan fingerprint density at radius 2 is 1.81 bits per heavy atom. The van der Waals surface area contributed by atoms with Crippen LogP contribution in [0.2, 0.25) is 5.02 Å². The van der Waals surface area contributed by atoms with Crippen molar-refractivity contribution >= 4 is 17.9 Å². The maximum atomic E-state index is 11.0. The van der Waals surface area contributed by atoms with E-state index in [1.165, 1.54) is 14.2 Å². The van der Waals surface area contributed by atoms with E-state index in [2.05, 4.69) is 0 Å². The van der Waals surface area contributed by atoms with Gasteiger partial charge in [-0.25, -0.2) is 0 Å². The molecule has 16 heavy (non-hydrogen) atoms. The highest BCUT2D eigenvalue weighted by atomic mass is 35.5. The average Bonchev–Trinajstić information content (AvgIpc) is 2.26. The van der Waals surface area contributed by atoms with Gasteiger partial charge in [-0.15, -0.1) is 0 Å². The van der Waals surface area contributed by atoms with E-state index in [4.69, 9.17) is 21.1 Å². The van der Waals surface area contributed by atoms with Crippen molar-refractivity contribution in [3.8, 4) is 11.5 Å². The normalized spacial score (nSPS) is 10.4. The van der Waals surface area contributed by atoms with Gasteiger partial charge in [-0.05, 0) is 12.0 Å². The van der Waals surface area contributed by atoms with Gasteiger partial charge in [-0.3, -0.25) is 4.79 Å². The van der Waals surface area contributed by atoms with Crippen LogP contribution in [0.15, 0.2) is 6.07 Å². The minimum atomic E-state index is 0.154. The lowest BCUT2D eigenvalue weighted by molar-refractivity contribution is 0.112. The van der Waals surface area contributed by atoms with Gasteiger partial charge < -0.3 is 9.47 Å². The molecular weight excluding hydrogens is 228 g/mol. The van der Waals surface area contributed by atoms with Gasteiger partial charge >= 0.3 is 0 Å². The predicted molar refractivity (Wildman–Crippen MR) is 64.0 cm³/mol. The number of benzene rings is 1. The summed E-state index contributed by atoms with van der Waals surface area (Å²) in [6.07, 6.45) is 0.781. The first-order chi connectivity index (χ1) is 7.56. The highest BCUT2D eigenvalue weighted by Gasteiger charge is 2.20. The van der Waals surface area contributed by atoms with E-state index in [0.29, 0.717) is 22.1 Å². The van der Waals surface area contributed by atoms with Crippen molar-refractivity contribution in [2.24, 2.45) is 0 Å². The summed E-state index contributed by atoms with van der Waals surface area (Å²) in [5, 5.41) is 0.380. The van der Waals surface area contributed by atoms with Crippen molar-refractivity contribution in [3.63, 3.8) is 0 Å². The molecule has 88 valence electrons. The first-order valence-corrected chi connectivity index (χ1v) is 5.34. The number of halogens is 1. The molecule has 0 bridgehead atoms. The van der Waals surface area contributed by atoms with Gasteiger partial charge in [0.25, 0.3) is 0 Å². The molecule has 0 spiro atoms. The molecule has 0 aromatic heterocycles. The maximum Gasteiger partial charge on any atom is 0.179 e. The minimum Gasteiger partial charge on any atom is -0.492 e. The van der Waals surface area contributed by atoms with Crippen LogP contribution in [0.25, 0.3) is 0 Å². The Kier molecular flexibility index (Phi) is 4.19. The molecule has 0 heterocycles. The topological polar surface area (TPSA) is 35.5 Å². The fourth-order valence-electron chi connectivity index (χ4n) is 1.73. The van der Waals surface area contributed by atoms with Crippen molar-refractivity contribution in [2.45, 2.75) is 19.8 Å². The summed E-state index contributed by atoms with van der Waals surface area (Å²) in [5.74, 6) is 1.16. The first kappa shape index (κ1) is 12.8. The zero-order chi connectivity index (χ0) is 12.3. The molecule has 1 rings (SSSR count). The summed E-state index contributed by atoms with van der Waals surface area (Å²) in [5.41, 5.74) is 1.36. The van der Waals surface area contributed by atoms with Crippen LogP contribution in [-0.2, 0) is 0 Å². The zero-order valence-corrected chi connectivity index (χ0v) is 10.6. The number of hydrogen-bond donors (Lipinski definition) is 0. The quantitative estimate of drug-likeness (QED) is 0.760. The lowest BCUT2D eigenvalue weighted by atomic mass is 9.96. The van der Waals surface area contributed by atoms with Crippen molar-refractivity contribution in [3.05, 3.63) is 22.2 Å². The number of aldehydes is 1. The highest BCUT2D eigenvalue weighted by molar-refractivity contribution is 6.32. The number of hydrogen-bond acceptors (Lipinski definition) is 3. The second-order valence-corrected chi connectivity index (χ2v) is 4.11. The maximum absolute atomic E-state index is 11.0. The minimum absolute atomic E-state index is 0.154. The van der Waals surface area contributed by atoms with Crippen molar-refractivity contribution < 1.29 is 14.3 Å². The monoisotopic (exact) mass is 242 g/mol. The molecule has 0 fully saturated rings. The van der Waals surface area contributed by atoms with Gasteiger partial charge in [0.2, 0.25) is 0 Å². The third kappa shape index (κ3) is 2.14. The molecule has 0 saturated carbocycles. The molecule has 0 saturated heterocycles. The third-order valence-electron chi connectivity index (χ3n) is 2.37. The summed E-state index contributed by atoms with van der Waals surface area (Å²) >= 11 is 6.00. The molecule has 1 aromatic carbocycles. The number of rotatable bonds is 4. The molecule has 1 aromatic rings. The van der Waals surface area contributed by atoms with Gasteiger partial charge in [0.05, 0.1) is 19.2 Å². The highest BCUT2D eigenvalue weighted by Crippen LogP contribution is 2.42. The molecule has 0 N–H and O–H groups in total. The zero-order valence-electron chi connectivity index (χ0n) is 9.83. The molecule has 0 aliphatic carbocycles. The molecule has 0 unspecified atom stereocenters. The Morgan fingerprint density at radius 3 is 2.19 bits per heavy atom. The van der Waals surface area contributed by atoms with Crippen LogP contribution < -0.4 is 9.47 Å². The van der Waals surface area contributed by atoms with E-state index < -0.39 is 0 Å². The van der Waals surface area contributed by atoms with Crippen LogP contribution in [0, 0.1) is 0 Å². The molecule has 0 amide bonds. The fourth-order valence-corrected chi connectivity index (χ4v) is 2.01. The van der Waals surface area contributed by atoms with Crippen LogP contribution in [0.3, 0.4) is 0 Å². The summed E-state index contributed by atoms with van der Waals surface area (Å²) in [4.78, 5) is 11.0. The fraction of sp³-hybridized carbons (Fsp3) is 0.417. The molecule has 3 nitrogen and oxygen atoms in total.